The van der Waals surface area contributed by atoms with E-state index >= 15 is 0 Å². The van der Waals surface area contributed by atoms with Crippen molar-refractivity contribution in [2.45, 2.75) is 13.1 Å². The Morgan fingerprint density at radius 1 is 1.11 bits per heavy atom. The van der Waals surface area contributed by atoms with Gasteiger partial charge in [-0.15, -0.1) is 0 Å². The Labute approximate surface area is 117 Å². The van der Waals surface area contributed by atoms with Crippen LogP contribution in [0.15, 0.2) is 42.5 Å². The fourth-order valence-corrected chi connectivity index (χ4v) is 2.07. The molecule has 19 heavy (non-hydrogen) atoms. The van der Waals surface area contributed by atoms with Crippen LogP contribution in [-0.2, 0) is 13.1 Å². The fourth-order valence-electron chi connectivity index (χ4n) is 1.94. The number of rotatable bonds is 4. The summed E-state index contributed by atoms with van der Waals surface area (Å²) in [5.41, 5.74) is 7.76. The molecule has 0 aliphatic heterocycles. The average Bonchev–Trinajstić information content (AvgIpc) is 2.36. The van der Waals surface area contributed by atoms with Crippen molar-refractivity contribution < 1.29 is 4.39 Å². The van der Waals surface area contributed by atoms with E-state index in [1.165, 1.54) is 6.07 Å². The molecule has 0 fully saturated rings. The molecule has 0 aliphatic carbocycles. The van der Waals surface area contributed by atoms with Gasteiger partial charge in [-0.3, -0.25) is 4.90 Å². The second-order valence-corrected chi connectivity index (χ2v) is 5.09. The Morgan fingerprint density at radius 3 is 2.42 bits per heavy atom. The lowest BCUT2D eigenvalue weighted by Gasteiger charge is -2.17. The molecule has 2 nitrogen and oxygen atoms in total. The van der Waals surface area contributed by atoms with Gasteiger partial charge < -0.3 is 5.73 Å². The predicted octanol–water partition coefficient (Wildman–Crippen LogP) is 3.69. The van der Waals surface area contributed by atoms with Crippen molar-refractivity contribution in [2.24, 2.45) is 0 Å². The molecule has 100 valence electrons. The molecule has 0 saturated carbocycles. The molecule has 0 heterocycles. The highest BCUT2D eigenvalue weighted by atomic mass is 35.5. The standard InChI is InChI=1S/C15H16ClFN2/c1-19(9-11-2-5-13(16)6-3-11)10-12-4-7-14(18)8-15(12)17/h2-8H,9-10,18H2,1H3. The van der Waals surface area contributed by atoms with Crippen LogP contribution >= 0.6 is 11.6 Å². The summed E-state index contributed by atoms with van der Waals surface area (Å²) in [7, 11) is 1.95. The van der Waals surface area contributed by atoms with Crippen molar-refractivity contribution in [3.05, 3.63) is 64.4 Å². The summed E-state index contributed by atoms with van der Waals surface area (Å²) >= 11 is 5.84. The highest BCUT2D eigenvalue weighted by molar-refractivity contribution is 6.30. The molecule has 2 rings (SSSR count). The Kier molecular flexibility index (Phi) is 4.40. The molecule has 0 spiro atoms. The zero-order valence-corrected chi connectivity index (χ0v) is 11.5. The third kappa shape index (κ3) is 3.94. The third-order valence-corrected chi connectivity index (χ3v) is 3.14. The van der Waals surface area contributed by atoms with E-state index in [9.17, 15) is 4.39 Å². The van der Waals surface area contributed by atoms with Gasteiger partial charge in [0.05, 0.1) is 0 Å². The maximum atomic E-state index is 13.7. The molecule has 0 amide bonds. The summed E-state index contributed by atoms with van der Waals surface area (Å²) in [6.07, 6.45) is 0. The first-order valence-electron chi connectivity index (χ1n) is 6.01. The minimum Gasteiger partial charge on any atom is -0.399 e. The van der Waals surface area contributed by atoms with E-state index in [4.69, 9.17) is 17.3 Å². The molecule has 2 aromatic carbocycles. The molecule has 0 aliphatic rings. The highest BCUT2D eigenvalue weighted by Crippen LogP contribution is 2.16. The normalized spacial score (nSPS) is 10.9. The van der Waals surface area contributed by atoms with E-state index in [1.54, 1.807) is 12.1 Å². The van der Waals surface area contributed by atoms with E-state index in [0.29, 0.717) is 17.8 Å². The summed E-state index contributed by atoms with van der Waals surface area (Å²) in [5, 5.41) is 0.719. The number of anilines is 1. The maximum absolute atomic E-state index is 13.7. The summed E-state index contributed by atoms with van der Waals surface area (Å²) in [6.45, 7) is 1.27. The van der Waals surface area contributed by atoms with E-state index < -0.39 is 0 Å². The lowest BCUT2D eigenvalue weighted by atomic mass is 10.1. The van der Waals surface area contributed by atoms with Crippen molar-refractivity contribution in [3.63, 3.8) is 0 Å². The van der Waals surface area contributed by atoms with Gasteiger partial charge in [0.1, 0.15) is 5.82 Å². The number of nitrogens with zero attached hydrogens (tertiary/aromatic N) is 1. The van der Waals surface area contributed by atoms with Crippen molar-refractivity contribution in [3.8, 4) is 0 Å². The molecule has 0 unspecified atom stereocenters. The number of nitrogen functional groups attached to an aromatic ring is 1. The van der Waals surface area contributed by atoms with Gasteiger partial charge in [-0.2, -0.15) is 0 Å². The topological polar surface area (TPSA) is 29.3 Å². The first kappa shape index (κ1) is 13.8. The van der Waals surface area contributed by atoms with Gasteiger partial charge >= 0.3 is 0 Å². The average molecular weight is 279 g/mol. The molecule has 4 heteroatoms. The first-order valence-corrected chi connectivity index (χ1v) is 6.39. The molecular weight excluding hydrogens is 263 g/mol. The zero-order valence-electron chi connectivity index (χ0n) is 10.7. The molecule has 0 aromatic heterocycles. The molecule has 0 atom stereocenters. The second-order valence-electron chi connectivity index (χ2n) is 4.65. The van der Waals surface area contributed by atoms with Gasteiger partial charge in [0.25, 0.3) is 0 Å². The van der Waals surface area contributed by atoms with Crippen LogP contribution in [0.3, 0.4) is 0 Å². The molecular formula is C15H16ClFN2. The lowest BCUT2D eigenvalue weighted by Crippen LogP contribution is -2.18. The van der Waals surface area contributed by atoms with E-state index in [2.05, 4.69) is 0 Å². The van der Waals surface area contributed by atoms with E-state index in [0.717, 1.165) is 17.1 Å². The van der Waals surface area contributed by atoms with E-state index in [-0.39, 0.29) is 5.82 Å². The van der Waals surface area contributed by atoms with Crippen molar-refractivity contribution >= 4 is 17.3 Å². The Bertz CT molecular complexity index is 555. The SMILES string of the molecule is CN(Cc1ccc(Cl)cc1)Cc1ccc(N)cc1F. The van der Waals surface area contributed by atoms with Crippen LogP contribution < -0.4 is 5.73 Å². The van der Waals surface area contributed by atoms with Crippen LogP contribution in [0, 0.1) is 5.82 Å². The molecule has 2 aromatic rings. The monoisotopic (exact) mass is 278 g/mol. The van der Waals surface area contributed by atoms with Crippen molar-refractivity contribution in [2.75, 3.05) is 12.8 Å². The summed E-state index contributed by atoms with van der Waals surface area (Å²) < 4.78 is 13.7. The van der Waals surface area contributed by atoms with Crippen molar-refractivity contribution in [1.82, 2.24) is 4.90 Å². The minimum atomic E-state index is -0.261. The van der Waals surface area contributed by atoms with Crippen LogP contribution in [0.4, 0.5) is 10.1 Å². The van der Waals surface area contributed by atoms with E-state index in [1.807, 2.05) is 36.2 Å². The number of benzene rings is 2. The molecule has 0 radical (unpaired) electrons. The van der Waals surface area contributed by atoms with Gasteiger partial charge in [-0.25, -0.2) is 4.39 Å². The largest absolute Gasteiger partial charge is 0.399 e. The number of hydrogen-bond acceptors (Lipinski definition) is 2. The lowest BCUT2D eigenvalue weighted by molar-refractivity contribution is 0.313. The number of nitrogens with two attached hydrogens (primary N) is 1. The second kappa shape index (κ2) is 6.04. The quantitative estimate of drug-likeness (QED) is 0.864. The van der Waals surface area contributed by atoms with Crippen LogP contribution in [0.1, 0.15) is 11.1 Å². The van der Waals surface area contributed by atoms with Crippen LogP contribution in [-0.4, -0.2) is 11.9 Å². The minimum absolute atomic E-state index is 0.261. The predicted molar refractivity (Wildman–Crippen MR) is 77.4 cm³/mol. The Morgan fingerprint density at radius 2 is 1.79 bits per heavy atom. The number of halogens is 2. The smallest absolute Gasteiger partial charge is 0.129 e. The summed E-state index contributed by atoms with van der Waals surface area (Å²) in [4.78, 5) is 2.04. The van der Waals surface area contributed by atoms with Crippen LogP contribution in [0.25, 0.3) is 0 Å². The molecule has 2 N–H and O–H groups in total. The van der Waals surface area contributed by atoms with Gasteiger partial charge in [0.15, 0.2) is 0 Å². The zero-order chi connectivity index (χ0) is 13.8. The first-order chi connectivity index (χ1) is 9.04. The number of hydrogen-bond donors (Lipinski definition) is 1. The van der Waals surface area contributed by atoms with Crippen LogP contribution in [0.2, 0.25) is 5.02 Å². The van der Waals surface area contributed by atoms with Crippen LogP contribution in [0.5, 0.6) is 0 Å². The molecule has 0 saturated heterocycles. The Hall–Kier alpha value is -1.58. The highest BCUT2D eigenvalue weighted by Gasteiger charge is 2.06. The maximum Gasteiger partial charge on any atom is 0.129 e. The van der Waals surface area contributed by atoms with Gasteiger partial charge in [-0.1, -0.05) is 29.8 Å². The summed E-state index contributed by atoms with van der Waals surface area (Å²) in [6, 6.07) is 12.4. The van der Waals surface area contributed by atoms with Gasteiger partial charge in [-0.05, 0) is 36.9 Å². The third-order valence-electron chi connectivity index (χ3n) is 2.88. The van der Waals surface area contributed by atoms with Gasteiger partial charge in [0, 0.05) is 29.4 Å². The van der Waals surface area contributed by atoms with Crippen molar-refractivity contribution in [1.29, 1.82) is 0 Å². The molecule has 0 bridgehead atoms. The van der Waals surface area contributed by atoms with Gasteiger partial charge in [0.2, 0.25) is 0 Å². The Balaban J connectivity index is 2.01. The fraction of sp³-hybridized carbons (Fsp3) is 0.200. The summed E-state index contributed by atoms with van der Waals surface area (Å²) in [5.74, 6) is -0.261.